The molecule has 3 aromatic rings. The second-order valence-corrected chi connectivity index (χ2v) is 5.47. The molecule has 128 valence electrons. The van der Waals surface area contributed by atoms with E-state index in [1.165, 1.54) is 6.20 Å². The Morgan fingerprint density at radius 1 is 0.960 bits per heavy atom. The lowest BCUT2D eigenvalue weighted by Crippen LogP contribution is -2.06. The number of benzene rings is 2. The SMILES string of the molecule is Fc1ccc(Nc2nccc(NCc3ccccc3Cl)n2)c(F)c1F. The van der Waals surface area contributed by atoms with Crippen molar-refractivity contribution in [2.45, 2.75) is 6.54 Å². The van der Waals surface area contributed by atoms with Crippen molar-refractivity contribution < 1.29 is 13.2 Å². The van der Waals surface area contributed by atoms with Crippen LogP contribution in [0, 0.1) is 17.5 Å². The maximum Gasteiger partial charge on any atom is 0.229 e. The lowest BCUT2D eigenvalue weighted by atomic mass is 10.2. The Hall–Kier alpha value is -2.80. The maximum absolute atomic E-state index is 13.7. The van der Waals surface area contributed by atoms with E-state index in [9.17, 15) is 13.2 Å². The van der Waals surface area contributed by atoms with Crippen LogP contribution in [0.5, 0.6) is 0 Å². The molecular formula is C17H12ClF3N4. The average Bonchev–Trinajstić information content (AvgIpc) is 2.62. The van der Waals surface area contributed by atoms with Gasteiger partial charge < -0.3 is 10.6 Å². The highest BCUT2D eigenvalue weighted by Gasteiger charge is 2.14. The highest BCUT2D eigenvalue weighted by Crippen LogP contribution is 2.22. The van der Waals surface area contributed by atoms with E-state index < -0.39 is 17.5 Å². The van der Waals surface area contributed by atoms with E-state index in [1.54, 1.807) is 12.1 Å². The number of rotatable bonds is 5. The molecule has 4 nitrogen and oxygen atoms in total. The van der Waals surface area contributed by atoms with Crippen LogP contribution in [0.4, 0.5) is 30.6 Å². The van der Waals surface area contributed by atoms with E-state index in [-0.39, 0.29) is 11.6 Å². The minimum absolute atomic E-state index is 0.0362. The number of halogens is 4. The molecule has 1 aromatic heterocycles. The Balaban J connectivity index is 1.74. The zero-order valence-corrected chi connectivity index (χ0v) is 13.5. The summed E-state index contributed by atoms with van der Waals surface area (Å²) >= 11 is 6.08. The normalized spacial score (nSPS) is 10.6. The number of aromatic nitrogens is 2. The van der Waals surface area contributed by atoms with Gasteiger partial charge in [0.15, 0.2) is 17.5 Å². The summed E-state index contributed by atoms with van der Waals surface area (Å²) < 4.78 is 39.9. The molecule has 2 N–H and O–H groups in total. The second-order valence-electron chi connectivity index (χ2n) is 5.06. The van der Waals surface area contributed by atoms with Crippen LogP contribution in [0.15, 0.2) is 48.7 Å². The average molecular weight is 365 g/mol. The van der Waals surface area contributed by atoms with E-state index >= 15 is 0 Å². The number of hydrogen-bond donors (Lipinski definition) is 2. The van der Waals surface area contributed by atoms with E-state index in [0.29, 0.717) is 17.4 Å². The van der Waals surface area contributed by atoms with Crippen molar-refractivity contribution in [1.29, 1.82) is 0 Å². The Morgan fingerprint density at radius 3 is 2.56 bits per heavy atom. The highest BCUT2D eigenvalue weighted by atomic mass is 35.5. The molecule has 2 aromatic carbocycles. The lowest BCUT2D eigenvalue weighted by Gasteiger charge is -2.10. The molecule has 0 amide bonds. The molecule has 0 aliphatic heterocycles. The molecule has 25 heavy (non-hydrogen) atoms. The second kappa shape index (κ2) is 7.40. The molecule has 0 atom stereocenters. The van der Waals surface area contributed by atoms with E-state index in [2.05, 4.69) is 20.6 Å². The fourth-order valence-electron chi connectivity index (χ4n) is 2.09. The van der Waals surface area contributed by atoms with Crippen molar-refractivity contribution in [3.05, 3.63) is 76.7 Å². The molecule has 0 bridgehead atoms. The van der Waals surface area contributed by atoms with Crippen LogP contribution in [0.1, 0.15) is 5.56 Å². The van der Waals surface area contributed by atoms with Crippen LogP contribution in [0.2, 0.25) is 5.02 Å². The summed E-state index contributed by atoms with van der Waals surface area (Å²) in [5, 5.41) is 6.20. The fourth-order valence-corrected chi connectivity index (χ4v) is 2.29. The van der Waals surface area contributed by atoms with E-state index in [1.807, 2.05) is 18.2 Å². The minimum Gasteiger partial charge on any atom is -0.366 e. The largest absolute Gasteiger partial charge is 0.366 e. The smallest absolute Gasteiger partial charge is 0.229 e. The molecule has 8 heteroatoms. The van der Waals surface area contributed by atoms with Crippen molar-refractivity contribution in [2.24, 2.45) is 0 Å². The molecule has 0 saturated heterocycles. The molecule has 0 fully saturated rings. The van der Waals surface area contributed by atoms with Crippen LogP contribution < -0.4 is 10.6 Å². The van der Waals surface area contributed by atoms with Gasteiger partial charge in [-0.05, 0) is 29.8 Å². The van der Waals surface area contributed by atoms with Gasteiger partial charge in [-0.3, -0.25) is 0 Å². The van der Waals surface area contributed by atoms with Crippen molar-refractivity contribution in [3.8, 4) is 0 Å². The molecule has 0 spiro atoms. The third kappa shape index (κ3) is 4.00. The summed E-state index contributed by atoms with van der Waals surface area (Å²) in [6.45, 7) is 0.426. The van der Waals surface area contributed by atoms with Crippen molar-refractivity contribution in [2.75, 3.05) is 10.6 Å². The summed E-state index contributed by atoms with van der Waals surface area (Å²) in [4.78, 5) is 8.08. The van der Waals surface area contributed by atoms with Crippen molar-refractivity contribution in [3.63, 3.8) is 0 Å². The molecule has 1 heterocycles. The first-order chi connectivity index (χ1) is 12.0. The Labute approximate surface area is 146 Å². The van der Waals surface area contributed by atoms with E-state index in [4.69, 9.17) is 11.6 Å². The number of hydrogen-bond acceptors (Lipinski definition) is 4. The third-order valence-corrected chi connectivity index (χ3v) is 3.72. The first-order valence-corrected chi connectivity index (χ1v) is 7.63. The monoisotopic (exact) mass is 364 g/mol. The van der Waals surface area contributed by atoms with Crippen LogP contribution in [0.25, 0.3) is 0 Å². The summed E-state index contributed by atoms with van der Waals surface area (Å²) in [6.07, 6.45) is 1.45. The summed E-state index contributed by atoms with van der Waals surface area (Å²) in [5.41, 5.74) is 0.617. The van der Waals surface area contributed by atoms with Gasteiger partial charge in [0.2, 0.25) is 5.95 Å². The van der Waals surface area contributed by atoms with E-state index in [0.717, 1.165) is 17.7 Å². The first kappa shape index (κ1) is 17.0. The quantitative estimate of drug-likeness (QED) is 0.632. The number of nitrogens with zero attached hydrogens (tertiary/aromatic N) is 2. The zero-order chi connectivity index (χ0) is 17.8. The summed E-state index contributed by atoms with van der Waals surface area (Å²) in [5.74, 6) is -3.66. The summed E-state index contributed by atoms with van der Waals surface area (Å²) in [7, 11) is 0. The van der Waals surface area contributed by atoms with Gasteiger partial charge in [-0.25, -0.2) is 18.2 Å². The Kier molecular flexibility index (Phi) is 5.04. The topological polar surface area (TPSA) is 49.8 Å². The van der Waals surface area contributed by atoms with Gasteiger partial charge in [0.25, 0.3) is 0 Å². The van der Waals surface area contributed by atoms with Gasteiger partial charge in [-0.1, -0.05) is 29.8 Å². The van der Waals surface area contributed by atoms with Gasteiger partial charge in [-0.2, -0.15) is 4.98 Å². The van der Waals surface area contributed by atoms with Gasteiger partial charge in [0.1, 0.15) is 5.82 Å². The molecule has 0 unspecified atom stereocenters. The molecule has 0 aliphatic carbocycles. The van der Waals surface area contributed by atoms with Crippen molar-refractivity contribution in [1.82, 2.24) is 9.97 Å². The molecule has 0 aliphatic rings. The van der Waals surface area contributed by atoms with Gasteiger partial charge in [0, 0.05) is 17.8 Å². The standard InChI is InChI=1S/C17H12ClF3N4/c18-11-4-2-1-3-10(11)9-23-14-7-8-22-17(25-14)24-13-6-5-12(19)15(20)16(13)21/h1-8H,9H2,(H2,22,23,24,25). The lowest BCUT2D eigenvalue weighted by molar-refractivity contribution is 0.449. The highest BCUT2D eigenvalue weighted by molar-refractivity contribution is 6.31. The number of anilines is 3. The molecule has 0 saturated carbocycles. The first-order valence-electron chi connectivity index (χ1n) is 7.25. The van der Waals surface area contributed by atoms with Crippen LogP contribution in [-0.4, -0.2) is 9.97 Å². The maximum atomic E-state index is 13.7. The van der Waals surface area contributed by atoms with Gasteiger partial charge >= 0.3 is 0 Å². The van der Waals surface area contributed by atoms with Crippen molar-refractivity contribution >= 4 is 29.1 Å². The number of nitrogens with one attached hydrogen (secondary N) is 2. The minimum atomic E-state index is -1.56. The molecule has 0 radical (unpaired) electrons. The van der Waals surface area contributed by atoms with Gasteiger partial charge in [0.05, 0.1) is 5.69 Å². The third-order valence-electron chi connectivity index (χ3n) is 3.36. The predicted octanol–water partition coefficient (Wildman–Crippen LogP) is 4.90. The predicted molar refractivity (Wildman–Crippen MR) is 90.4 cm³/mol. The fraction of sp³-hybridized carbons (Fsp3) is 0.0588. The van der Waals surface area contributed by atoms with Crippen LogP contribution in [-0.2, 0) is 6.54 Å². The summed E-state index contributed by atoms with van der Waals surface area (Å²) in [6, 6.07) is 10.8. The molecule has 3 rings (SSSR count). The van der Waals surface area contributed by atoms with Crippen LogP contribution in [0.3, 0.4) is 0 Å². The van der Waals surface area contributed by atoms with Gasteiger partial charge in [-0.15, -0.1) is 0 Å². The van der Waals surface area contributed by atoms with Crippen LogP contribution >= 0.6 is 11.6 Å². The molecular weight excluding hydrogens is 353 g/mol. The zero-order valence-electron chi connectivity index (χ0n) is 12.7. The Bertz CT molecular complexity index is 905. The Morgan fingerprint density at radius 2 is 1.76 bits per heavy atom.